The Kier molecular flexibility index (Phi) is 13.3. The van der Waals surface area contributed by atoms with Gasteiger partial charge in [0.25, 0.3) is 0 Å². The number of carbonyl (C=O) groups excluding carboxylic acids is 2. The minimum Gasteiger partial charge on any atom is -0.462 e. The molecule has 1 heterocycles. The summed E-state index contributed by atoms with van der Waals surface area (Å²) >= 11 is 0. The normalized spacial score (nSPS) is 42.2. The van der Waals surface area contributed by atoms with Crippen molar-refractivity contribution < 1.29 is 34.4 Å². The summed E-state index contributed by atoms with van der Waals surface area (Å²) in [5, 5.41) is 45.7. The van der Waals surface area contributed by atoms with Crippen molar-refractivity contribution in [2.75, 3.05) is 6.61 Å². The summed E-state index contributed by atoms with van der Waals surface area (Å²) in [6, 6.07) is 35.2. The molecule has 0 amide bonds. The number of benzene rings is 4. The lowest BCUT2D eigenvalue weighted by Crippen LogP contribution is -2.83. The topological polar surface area (TPSA) is 113 Å². The summed E-state index contributed by atoms with van der Waals surface area (Å²) in [6.45, 7) is 8.56. The molecule has 1 aliphatic heterocycles. The van der Waals surface area contributed by atoms with Crippen LogP contribution < -0.4 is 0 Å². The van der Waals surface area contributed by atoms with Crippen molar-refractivity contribution in [2.45, 2.75) is 241 Å². The van der Waals surface area contributed by atoms with E-state index in [0.717, 1.165) is 44.1 Å². The number of rotatable bonds is 13. The molecule has 7 nitrogen and oxygen atoms in total. The molecule has 0 radical (unpaired) electrons. The lowest BCUT2D eigenvalue weighted by atomic mass is 9.31. The van der Waals surface area contributed by atoms with Crippen molar-refractivity contribution in [3.05, 3.63) is 143 Å². The van der Waals surface area contributed by atoms with E-state index < -0.39 is 45.6 Å². The zero-order valence-electron chi connectivity index (χ0n) is 51.2. The van der Waals surface area contributed by atoms with Gasteiger partial charge in [0.1, 0.15) is 12.7 Å². The number of aryl methyl sites for hydroxylation is 1. The summed E-state index contributed by atoms with van der Waals surface area (Å²) < 4.78 is 12.3. The van der Waals surface area contributed by atoms with Gasteiger partial charge in [-0.05, 0) is 236 Å². The minimum atomic E-state index is -1.65. The van der Waals surface area contributed by atoms with Crippen molar-refractivity contribution >= 4 is 22.7 Å². The van der Waals surface area contributed by atoms with E-state index in [1.165, 1.54) is 101 Å². The second-order valence-corrected chi connectivity index (χ2v) is 31.5. The first-order valence-corrected chi connectivity index (χ1v) is 34.0. The monoisotopic (exact) mass is 1130 g/mol. The Morgan fingerprint density at radius 2 is 1.54 bits per heavy atom. The van der Waals surface area contributed by atoms with E-state index >= 15 is 0 Å². The van der Waals surface area contributed by atoms with Gasteiger partial charge in [-0.3, -0.25) is 4.79 Å². The zero-order valence-corrected chi connectivity index (χ0v) is 51.2. The first kappa shape index (κ1) is 56.0. The maximum Gasteiger partial charge on any atom is 0.331 e. The second-order valence-electron chi connectivity index (χ2n) is 31.5. The van der Waals surface area contributed by atoms with Gasteiger partial charge < -0.3 is 24.8 Å². The van der Waals surface area contributed by atoms with E-state index in [4.69, 9.17) is 9.47 Å². The van der Waals surface area contributed by atoms with E-state index in [1.807, 2.05) is 12.2 Å². The van der Waals surface area contributed by atoms with E-state index in [2.05, 4.69) is 112 Å². The van der Waals surface area contributed by atoms with E-state index in [-0.39, 0.29) is 53.0 Å². The Morgan fingerprint density at radius 3 is 2.31 bits per heavy atom. The van der Waals surface area contributed by atoms with Gasteiger partial charge >= 0.3 is 11.9 Å². The van der Waals surface area contributed by atoms with Gasteiger partial charge in [-0.25, -0.2) is 4.79 Å². The van der Waals surface area contributed by atoms with E-state index in [1.54, 1.807) is 33.7 Å². The first-order valence-electron chi connectivity index (χ1n) is 34.0. The van der Waals surface area contributed by atoms with Crippen LogP contribution in [0.2, 0.25) is 0 Å². The molecule has 446 valence electrons. The zero-order chi connectivity index (χ0) is 57.7. The van der Waals surface area contributed by atoms with Crippen LogP contribution in [0, 0.1) is 56.2 Å². The van der Waals surface area contributed by atoms with E-state index in [0.29, 0.717) is 67.6 Å². The molecule has 2 bridgehead atoms. The number of esters is 2. The van der Waals surface area contributed by atoms with Crippen LogP contribution in [0.15, 0.2) is 115 Å². The average Bonchev–Trinajstić information content (AvgIpc) is 0.855. The van der Waals surface area contributed by atoms with Crippen molar-refractivity contribution in [1.29, 1.82) is 0 Å². The highest BCUT2D eigenvalue weighted by Crippen LogP contribution is 2.83. The number of carbonyl (C=O) groups is 2. The molecule has 0 aromatic heterocycles. The molecule has 11 aliphatic rings. The van der Waals surface area contributed by atoms with Crippen LogP contribution in [0.5, 0.6) is 0 Å². The quantitative estimate of drug-likeness (QED) is 0.0903. The SMILES string of the molecule is CC(=O)OC1CC2(C)C=CC(O)(CCC(C)CCCc3ccccc3)C3(C(O)CCC(C)(C4CCC56CC7(CCC8(CCCC8)C7)C7CC8(c9ccccc9)CCCCC8c8ccc9cccc(c9c8C75)C6C4)C13)C2(O)CCC1=CC(=O)OC1. The Hall–Kier alpha value is -4.56. The molecule has 4 aromatic carbocycles. The standard InChI is InChI=1S/C77H96O7/c1-50(17-15-20-52-18-7-5-8-19-52)28-37-75(81)42-39-69(3)46-62(84-51(2)78)68-70(4,35-31-63(79)77(68,75)76(69,82)38-29-53-43-64(80)83-47-53)56-30-36-74-49-72(41-40-71(48-72)32-13-14-33-71)61-45-73(55-22-9-6-10-23-55)34-12-11-25-59(73)58-27-26-54-21-16-24-57(60(74)44-56)65(54)66(58)67(61)74/h5-10,16,18-19,21-24,26-27,39,42-43,50,56,59-63,67-68,79,81-82H,11-15,17,20,25,28-38,40-41,44-49H2,1-4H3. The van der Waals surface area contributed by atoms with Crippen LogP contribution in [0.4, 0.5) is 0 Å². The van der Waals surface area contributed by atoms with Crippen LogP contribution in [0.3, 0.4) is 0 Å². The molecule has 15 rings (SSSR count). The number of aliphatic hydroxyl groups excluding tert-OH is 1. The highest BCUT2D eigenvalue weighted by atomic mass is 16.5. The van der Waals surface area contributed by atoms with Crippen molar-refractivity contribution in [2.24, 2.45) is 56.2 Å². The van der Waals surface area contributed by atoms with Gasteiger partial charge in [0.05, 0.1) is 22.7 Å². The minimum absolute atomic E-state index is 0.0803. The van der Waals surface area contributed by atoms with Crippen molar-refractivity contribution in [3.63, 3.8) is 0 Å². The Morgan fingerprint density at radius 1 is 0.750 bits per heavy atom. The largest absolute Gasteiger partial charge is 0.462 e. The maximum atomic E-state index is 14.7. The summed E-state index contributed by atoms with van der Waals surface area (Å²) in [4.78, 5) is 26.6. The molecule has 4 spiro atoms. The third-order valence-electron chi connectivity index (χ3n) is 27.9. The third-order valence-corrected chi connectivity index (χ3v) is 27.9. The van der Waals surface area contributed by atoms with Gasteiger partial charge in [0.15, 0.2) is 0 Å². The summed E-state index contributed by atoms with van der Waals surface area (Å²) in [7, 11) is 0. The molecule has 0 saturated heterocycles. The Bertz CT molecular complexity index is 3290. The molecule has 7 fully saturated rings. The fourth-order valence-corrected chi connectivity index (χ4v) is 24.7. The van der Waals surface area contributed by atoms with Crippen molar-refractivity contribution in [3.8, 4) is 0 Å². The smallest absolute Gasteiger partial charge is 0.331 e. The lowest BCUT2D eigenvalue weighted by molar-refractivity contribution is -0.362. The van der Waals surface area contributed by atoms with Crippen LogP contribution in [-0.2, 0) is 30.9 Å². The second kappa shape index (κ2) is 20.0. The number of fused-ring (bicyclic) bond motifs is 5. The predicted octanol–water partition coefficient (Wildman–Crippen LogP) is 16.4. The number of hydrogen-bond donors (Lipinski definition) is 3. The van der Waals surface area contributed by atoms with Crippen LogP contribution >= 0.6 is 0 Å². The van der Waals surface area contributed by atoms with Crippen molar-refractivity contribution in [1.82, 2.24) is 0 Å². The predicted molar refractivity (Wildman–Crippen MR) is 331 cm³/mol. The molecule has 7 saturated carbocycles. The number of hydrogen-bond acceptors (Lipinski definition) is 7. The Labute approximate surface area is 501 Å². The number of aliphatic hydroxyl groups is 3. The van der Waals surface area contributed by atoms with Crippen LogP contribution in [-0.4, -0.2) is 57.3 Å². The maximum absolute atomic E-state index is 14.7. The molecule has 4 aromatic rings. The van der Waals surface area contributed by atoms with E-state index in [9.17, 15) is 24.9 Å². The molecule has 3 N–H and O–H groups in total. The molecule has 17 unspecified atom stereocenters. The summed E-state index contributed by atoms with van der Waals surface area (Å²) in [6.07, 6.45) is 30.7. The fourth-order valence-electron chi connectivity index (χ4n) is 24.7. The van der Waals surface area contributed by atoms with Crippen LogP contribution in [0.1, 0.15) is 234 Å². The van der Waals surface area contributed by atoms with Gasteiger partial charge in [0.2, 0.25) is 0 Å². The lowest BCUT2D eigenvalue weighted by Gasteiger charge is -2.76. The molecule has 10 aliphatic carbocycles. The fraction of sp³-hybridized carbons (Fsp3) is 0.636. The molecule has 84 heavy (non-hydrogen) atoms. The highest BCUT2D eigenvalue weighted by Gasteiger charge is 2.82. The number of ether oxygens (including phenoxy) is 2. The van der Waals surface area contributed by atoms with Crippen LogP contribution in [0.25, 0.3) is 10.8 Å². The van der Waals surface area contributed by atoms with Gasteiger partial charge in [-0.2, -0.15) is 0 Å². The molecule has 17 atom stereocenters. The summed E-state index contributed by atoms with van der Waals surface area (Å²) in [5.41, 5.74) is 3.34. The van der Waals surface area contributed by atoms with Gasteiger partial charge in [-0.15, -0.1) is 0 Å². The first-order chi connectivity index (χ1) is 40.5. The molecule has 7 heteroatoms. The number of cyclic esters (lactones) is 1. The molecular formula is C77H96O7. The Balaban J connectivity index is 0.871. The summed E-state index contributed by atoms with van der Waals surface area (Å²) in [5.74, 6) is 1.03. The highest BCUT2D eigenvalue weighted by molar-refractivity contribution is 5.93. The molecular weight excluding hydrogens is 1040 g/mol. The van der Waals surface area contributed by atoms with Gasteiger partial charge in [0, 0.05) is 29.7 Å². The van der Waals surface area contributed by atoms with Gasteiger partial charge in [-0.1, -0.05) is 156 Å². The third kappa shape index (κ3) is 7.89. The average molecular weight is 1130 g/mol.